The van der Waals surface area contributed by atoms with Crippen LogP contribution < -0.4 is 10.6 Å². The summed E-state index contributed by atoms with van der Waals surface area (Å²) < 4.78 is 0. The third kappa shape index (κ3) is 6.86. The molecule has 0 aliphatic carbocycles. The van der Waals surface area contributed by atoms with Crippen molar-refractivity contribution in [2.75, 3.05) is 40.3 Å². The molecule has 0 spiro atoms. The Hall–Kier alpha value is -2.08. The number of rotatable bonds is 8. The van der Waals surface area contributed by atoms with E-state index < -0.39 is 0 Å². The topological polar surface area (TPSA) is 60.0 Å². The predicted octanol–water partition coefficient (Wildman–Crippen LogP) is 1.99. The molecule has 0 saturated carbocycles. The van der Waals surface area contributed by atoms with Crippen LogP contribution in [0, 0.1) is 6.92 Å². The summed E-state index contributed by atoms with van der Waals surface area (Å²) in [7, 11) is 3.68. The number of likely N-dealkylation sites (tertiary alicyclic amines) is 1. The van der Waals surface area contributed by atoms with Crippen LogP contribution in [-0.4, -0.2) is 68.0 Å². The Bertz CT molecular complexity index is 629. The number of nitrogens with one attached hydrogen (secondary N) is 2. The van der Waals surface area contributed by atoms with Crippen LogP contribution in [-0.2, 0) is 11.3 Å². The van der Waals surface area contributed by atoms with E-state index in [1.54, 1.807) is 4.90 Å². The highest BCUT2D eigenvalue weighted by Gasteiger charge is 2.30. The number of carbonyl (C=O) groups excluding carboxylic acids is 1. The van der Waals surface area contributed by atoms with Crippen LogP contribution in [0.4, 0.5) is 0 Å². The molecule has 6 heteroatoms. The second-order valence-electron chi connectivity index (χ2n) is 7.39. The van der Waals surface area contributed by atoms with E-state index >= 15 is 0 Å². The van der Waals surface area contributed by atoms with Crippen LogP contribution in [0.25, 0.3) is 0 Å². The molecule has 150 valence electrons. The van der Waals surface area contributed by atoms with Crippen molar-refractivity contribution >= 4 is 11.9 Å². The zero-order valence-electron chi connectivity index (χ0n) is 17.3. The van der Waals surface area contributed by atoms with Gasteiger partial charge in [0.1, 0.15) is 0 Å². The minimum atomic E-state index is 0.0585. The van der Waals surface area contributed by atoms with Gasteiger partial charge in [0.05, 0.1) is 12.6 Å². The number of aliphatic imine (C=N–C) groups is 1. The van der Waals surface area contributed by atoms with Crippen LogP contribution in [0.5, 0.6) is 0 Å². The molecule has 1 aliphatic rings. The molecule has 2 rings (SSSR count). The largest absolute Gasteiger partial charge is 0.357 e. The average molecular weight is 374 g/mol. The van der Waals surface area contributed by atoms with Gasteiger partial charge in [-0.25, -0.2) is 4.99 Å². The van der Waals surface area contributed by atoms with Gasteiger partial charge in [-0.15, -0.1) is 0 Å². The number of amides is 1. The first-order chi connectivity index (χ1) is 13.0. The molecule has 1 aliphatic heterocycles. The van der Waals surface area contributed by atoms with Crippen LogP contribution in [0.3, 0.4) is 0 Å². The highest BCUT2D eigenvalue weighted by molar-refractivity contribution is 5.81. The molecular weight excluding hydrogens is 338 g/mol. The van der Waals surface area contributed by atoms with Gasteiger partial charge in [0.2, 0.25) is 5.91 Å². The van der Waals surface area contributed by atoms with Gasteiger partial charge >= 0.3 is 0 Å². The van der Waals surface area contributed by atoms with Gasteiger partial charge in [0, 0.05) is 33.7 Å². The number of aryl methyl sites for hydroxylation is 1. The van der Waals surface area contributed by atoms with E-state index in [2.05, 4.69) is 58.6 Å². The van der Waals surface area contributed by atoms with Crippen molar-refractivity contribution in [3.05, 3.63) is 35.4 Å². The number of guanidine groups is 1. The first kappa shape index (κ1) is 21.2. The Morgan fingerprint density at radius 1 is 1.33 bits per heavy atom. The molecule has 0 bridgehead atoms. The lowest BCUT2D eigenvalue weighted by molar-refractivity contribution is -0.133. The van der Waals surface area contributed by atoms with Crippen molar-refractivity contribution in [3.8, 4) is 0 Å². The van der Waals surface area contributed by atoms with Gasteiger partial charge in [-0.1, -0.05) is 29.8 Å². The fourth-order valence-electron chi connectivity index (χ4n) is 3.48. The number of likely N-dealkylation sites (N-methyl/N-ethyl adjacent to an activating group) is 1. The fourth-order valence-corrected chi connectivity index (χ4v) is 3.48. The summed E-state index contributed by atoms with van der Waals surface area (Å²) in [6.07, 6.45) is 3.08. The van der Waals surface area contributed by atoms with Gasteiger partial charge in [0.15, 0.2) is 5.96 Å². The maximum Gasteiger partial charge on any atom is 0.239 e. The third-order valence-corrected chi connectivity index (χ3v) is 4.85. The number of carbonyl (C=O) groups is 1. The summed E-state index contributed by atoms with van der Waals surface area (Å²) in [4.78, 5) is 21.0. The Morgan fingerprint density at radius 2 is 2.15 bits per heavy atom. The number of nitrogens with zero attached hydrogens (tertiary/aromatic N) is 3. The second kappa shape index (κ2) is 10.9. The van der Waals surface area contributed by atoms with E-state index in [0.717, 1.165) is 51.4 Å². The summed E-state index contributed by atoms with van der Waals surface area (Å²) in [5.74, 6) is 1.08. The first-order valence-corrected chi connectivity index (χ1v) is 10.0. The van der Waals surface area contributed by atoms with Gasteiger partial charge in [-0.05, 0) is 45.2 Å². The van der Waals surface area contributed by atoms with Crippen molar-refractivity contribution in [2.45, 2.75) is 45.7 Å². The van der Waals surface area contributed by atoms with Gasteiger partial charge < -0.3 is 15.5 Å². The SMILES string of the molecule is CCNC(=NCc1cccc(C)c1)NCCCN1CCCC1C(=O)N(C)C. The summed E-state index contributed by atoms with van der Waals surface area (Å²) in [5.41, 5.74) is 2.47. The van der Waals surface area contributed by atoms with E-state index in [4.69, 9.17) is 0 Å². The van der Waals surface area contributed by atoms with Crippen LogP contribution in [0.15, 0.2) is 29.3 Å². The van der Waals surface area contributed by atoms with Gasteiger partial charge in [0.25, 0.3) is 0 Å². The number of hydrogen-bond donors (Lipinski definition) is 2. The van der Waals surface area contributed by atoms with Crippen molar-refractivity contribution in [1.82, 2.24) is 20.4 Å². The summed E-state index contributed by atoms with van der Waals surface area (Å²) in [6, 6.07) is 8.51. The lowest BCUT2D eigenvalue weighted by Crippen LogP contribution is -2.44. The van der Waals surface area contributed by atoms with E-state index in [9.17, 15) is 4.79 Å². The molecular formula is C21H35N5O. The molecule has 1 aromatic rings. The summed E-state index contributed by atoms with van der Waals surface area (Å²) in [6.45, 7) is 8.49. The van der Waals surface area contributed by atoms with Crippen LogP contribution in [0.1, 0.15) is 37.3 Å². The maximum absolute atomic E-state index is 12.3. The molecule has 1 aromatic carbocycles. The zero-order valence-corrected chi connectivity index (χ0v) is 17.3. The molecule has 27 heavy (non-hydrogen) atoms. The number of benzene rings is 1. The van der Waals surface area contributed by atoms with Gasteiger partial charge in [-0.2, -0.15) is 0 Å². The summed E-state index contributed by atoms with van der Waals surface area (Å²) >= 11 is 0. The molecule has 6 nitrogen and oxygen atoms in total. The zero-order chi connectivity index (χ0) is 19.6. The standard InChI is InChI=1S/C21H35N5O/c1-5-22-21(24-16-18-10-6-9-17(2)15-18)23-12-8-14-26-13-7-11-19(26)20(27)25(3)4/h6,9-10,15,19H,5,7-8,11-14,16H2,1-4H3,(H2,22,23,24). The highest BCUT2D eigenvalue weighted by atomic mass is 16.2. The molecule has 1 unspecified atom stereocenters. The van der Waals surface area contributed by atoms with E-state index in [-0.39, 0.29) is 11.9 Å². The van der Waals surface area contributed by atoms with Crippen LogP contribution >= 0.6 is 0 Å². The van der Waals surface area contributed by atoms with E-state index in [0.29, 0.717) is 6.54 Å². The minimum absolute atomic E-state index is 0.0585. The smallest absolute Gasteiger partial charge is 0.239 e. The molecule has 2 N–H and O–H groups in total. The lowest BCUT2D eigenvalue weighted by Gasteiger charge is -2.26. The molecule has 0 aromatic heterocycles. The maximum atomic E-state index is 12.3. The Morgan fingerprint density at radius 3 is 2.85 bits per heavy atom. The molecule has 1 amide bonds. The molecule has 1 saturated heterocycles. The Labute approximate surface area is 164 Å². The average Bonchev–Trinajstić information content (AvgIpc) is 3.10. The first-order valence-electron chi connectivity index (χ1n) is 10.0. The minimum Gasteiger partial charge on any atom is -0.357 e. The normalized spacial score (nSPS) is 17.8. The Balaban J connectivity index is 1.78. The van der Waals surface area contributed by atoms with Gasteiger partial charge in [-0.3, -0.25) is 9.69 Å². The monoisotopic (exact) mass is 373 g/mol. The number of hydrogen-bond acceptors (Lipinski definition) is 3. The molecule has 1 fully saturated rings. The van der Waals surface area contributed by atoms with Crippen LogP contribution in [0.2, 0.25) is 0 Å². The molecule has 1 atom stereocenters. The highest BCUT2D eigenvalue weighted by Crippen LogP contribution is 2.18. The van der Waals surface area contributed by atoms with Crippen molar-refractivity contribution in [2.24, 2.45) is 4.99 Å². The van der Waals surface area contributed by atoms with Crippen molar-refractivity contribution in [3.63, 3.8) is 0 Å². The van der Waals surface area contributed by atoms with Crippen molar-refractivity contribution in [1.29, 1.82) is 0 Å². The summed E-state index contributed by atoms with van der Waals surface area (Å²) in [5, 5.41) is 6.72. The van der Waals surface area contributed by atoms with Crippen molar-refractivity contribution < 1.29 is 4.79 Å². The molecule has 1 heterocycles. The fraction of sp³-hybridized carbons (Fsp3) is 0.619. The van der Waals surface area contributed by atoms with E-state index in [1.807, 2.05) is 14.1 Å². The second-order valence-corrected chi connectivity index (χ2v) is 7.39. The quantitative estimate of drug-likeness (QED) is 0.416. The molecule has 0 radical (unpaired) electrons. The third-order valence-electron chi connectivity index (χ3n) is 4.85. The van der Waals surface area contributed by atoms with E-state index in [1.165, 1.54) is 11.1 Å². The Kier molecular flexibility index (Phi) is 8.58. The lowest BCUT2D eigenvalue weighted by atomic mass is 10.1. The predicted molar refractivity (Wildman–Crippen MR) is 112 cm³/mol.